The predicted molar refractivity (Wildman–Crippen MR) is 69.1 cm³/mol. The van der Waals surface area contributed by atoms with Gasteiger partial charge in [-0.1, -0.05) is 18.1 Å². The van der Waals surface area contributed by atoms with E-state index < -0.39 is 12.8 Å². The number of hydrogen-bond acceptors (Lipinski definition) is 0. The first-order valence-corrected chi connectivity index (χ1v) is 15.8. The van der Waals surface area contributed by atoms with Gasteiger partial charge < -0.3 is 0 Å². The molecule has 0 nitrogen and oxygen atoms in total. The van der Waals surface area contributed by atoms with Gasteiger partial charge in [-0.2, -0.15) is 0 Å². The molecule has 0 aromatic rings. The summed E-state index contributed by atoms with van der Waals surface area (Å²) in [4.78, 5) is 0. The molecule has 0 saturated heterocycles. The van der Waals surface area contributed by atoms with Crippen LogP contribution in [0.15, 0.2) is 22.3 Å². The summed E-state index contributed by atoms with van der Waals surface area (Å²) in [6, 6.07) is 0. The van der Waals surface area contributed by atoms with Crippen molar-refractivity contribution in [3.05, 3.63) is 28.2 Å². The molecule has 1 aliphatic carbocycles. The Hall–Kier alpha value is 1.38. The van der Waals surface area contributed by atoms with Crippen LogP contribution in [0.25, 0.3) is 0 Å². The van der Waals surface area contributed by atoms with Gasteiger partial charge in [0.1, 0.15) is 0 Å². The molecule has 1 aliphatic rings. The standard InChI is InChI=1S/C10H15.4ClH.Nb/c1-6-7(2)9(4)10(5)8(6)3;;;;;/h1-5H3;4*1H;/q;;;;;+4/p-4. The third kappa shape index (κ3) is 6.02. The normalized spacial score (nSPS) is 18.2. The molecule has 0 aliphatic heterocycles. The van der Waals surface area contributed by atoms with E-state index in [-0.39, 0.29) is 0 Å². The Kier molecular flexibility index (Phi) is 6.93. The number of hydrogen-bond donors (Lipinski definition) is 0. The first-order chi connectivity index (χ1) is 6.55. The van der Waals surface area contributed by atoms with Gasteiger partial charge in [0.2, 0.25) is 0 Å². The molecule has 0 atom stereocenters. The summed E-state index contributed by atoms with van der Waals surface area (Å²) in [5.41, 5.74) is 5.87. The average Bonchev–Trinajstić information content (AvgIpc) is 2.21. The Morgan fingerprint density at radius 1 is 0.600 bits per heavy atom. The molecule has 0 fully saturated rings. The molecule has 15 heavy (non-hydrogen) atoms. The summed E-state index contributed by atoms with van der Waals surface area (Å²) >= 11 is -3.21. The molecular weight excluding hydrogens is 355 g/mol. The van der Waals surface area contributed by atoms with Gasteiger partial charge in [-0.25, -0.2) is 0 Å². The Labute approximate surface area is 111 Å². The SMILES string of the molecule is C[C]1C(C)=C(C)C(C)=C1C.[Cl][Nb]([Cl])([Cl])[Cl]. The van der Waals surface area contributed by atoms with Crippen molar-refractivity contribution in [2.45, 2.75) is 34.6 Å². The second kappa shape index (κ2) is 6.35. The summed E-state index contributed by atoms with van der Waals surface area (Å²) in [6.07, 6.45) is 0. The van der Waals surface area contributed by atoms with Gasteiger partial charge in [0.25, 0.3) is 0 Å². The van der Waals surface area contributed by atoms with E-state index in [2.05, 4.69) is 34.6 Å². The Bertz CT molecular complexity index is 269. The van der Waals surface area contributed by atoms with Crippen molar-refractivity contribution < 1.29 is 12.8 Å². The van der Waals surface area contributed by atoms with Gasteiger partial charge in [0.15, 0.2) is 0 Å². The Morgan fingerprint density at radius 3 is 0.867 bits per heavy atom. The quantitative estimate of drug-likeness (QED) is 0.458. The fourth-order valence-electron chi connectivity index (χ4n) is 1.41. The van der Waals surface area contributed by atoms with Crippen LogP contribution in [0.4, 0.5) is 0 Å². The van der Waals surface area contributed by atoms with E-state index in [1.807, 2.05) is 0 Å². The van der Waals surface area contributed by atoms with Crippen molar-refractivity contribution in [3.63, 3.8) is 0 Å². The fraction of sp³-hybridized carbons (Fsp3) is 0.500. The molecule has 1 radical (unpaired) electrons. The van der Waals surface area contributed by atoms with E-state index >= 15 is 0 Å². The molecule has 0 bridgehead atoms. The molecule has 0 aromatic carbocycles. The monoisotopic (exact) mass is 368 g/mol. The van der Waals surface area contributed by atoms with Crippen LogP contribution in [0.1, 0.15) is 34.6 Å². The molecule has 0 N–H and O–H groups in total. The van der Waals surface area contributed by atoms with E-state index in [4.69, 9.17) is 36.8 Å². The van der Waals surface area contributed by atoms with E-state index in [0.29, 0.717) is 0 Å². The van der Waals surface area contributed by atoms with Crippen LogP contribution in [0.2, 0.25) is 0 Å². The minimum atomic E-state index is -3.21. The van der Waals surface area contributed by atoms with Gasteiger partial charge in [-0.05, 0) is 38.8 Å². The minimum absolute atomic E-state index is 1.47. The topological polar surface area (TPSA) is 0 Å². The van der Waals surface area contributed by atoms with E-state index in [9.17, 15) is 0 Å². The zero-order chi connectivity index (χ0) is 12.4. The molecule has 0 amide bonds. The van der Waals surface area contributed by atoms with Gasteiger partial charge in [0.05, 0.1) is 0 Å². The molecular formula is C10H15Cl4Nb. The fourth-order valence-corrected chi connectivity index (χ4v) is 1.41. The van der Waals surface area contributed by atoms with Crippen LogP contribution < -0.4 is 0 Å². The second-order valence-electron chi connectivity index (χ2n) is 3.51. The van der Waals surface area contributed by atoms with E-state index in [0.717, 1.165) is 0 Å². The molecule has 1 rings (SSSR count). The van der Waals surface area contributed by atoms with Crippen LogP contribution >= 0.6 is 36.8 Å². The van der Waals surface area contributed by atoms with Gasteiger partial charge in [-0.15, -0.1) is 0 Å². The number of halogens is 4. The maximum absolute atomic E-state index is 5.03. The summed E-state index contributed by atoms with van der Waals surface area (Å²) in [5, 5.41) is 0. The molecule has 0 spiro atoms. The molecule has 0 unspecified atom stereocenters. The average molecular weight is 370 g/mol. The molecule has 0 heterocycles. The second-order valence-corrected chi connectivity index (χ2v) is 23.5. The van der Waals surface area contributed by atoms with Crippen LogP contribution in [0.3, 0.4) is 0 Å². The van der Waals surface area contributed by atoms with Crippen LogP contribution in [0.5, 0.6) is 0 Å². The summed E-state index contributed by atoms with van der Waals surface area (Å²) < 4.78 is 0. The van der Waals surface area contributed by atoms with Crippen molar-refractivity contribution in [3.8, 4) is 0 Å². The first kappa shape index (κ1) is 16.4. The van der Waals surface area contributed by atoms with Gasteiger partial charge in [0, 0.05) is 5.92 Å². The molecule has 88 valence electrons. The van der Waals surface area contributed by atoms with E-state index in [1.165, 1.54) is 28.2 Å². The van der Waals surface area contributed by atoms with Crippen LogP contribution in [-0.4, -0.2) is 0 Å². The Balaban J connectivity index is 0.000000336. The van der Waals surface area contributed by atoms with Gasteiger partial charge >= 0.3 is 49.6 Å². The number of allylic oxidation sites excluding steroid dienone is 4. The Morgan fingerprint density at radius 2 is 0.800 bits per heavy atom. The van der Waals surface area contributed by atoms with Crippen molar-refractivity contribution in [1.82, 2.24) is 0 Å². The molecule has 5 heteroatoms. The summed E-state index contributed by atoms with van der Waals surface area (Å²) in [5.74, 6) is 1.47. The summed E-state index contributed by atoms with van der Waals surface area (Å²) in [7, 11) is 20.1. The first-order valence-electron chi connectivity index (χ1n) is 4.43. The number of rotatable bonds is 0. The third-order valence-corrected chi connectivity index (χ3v) is 2.81. The van der Waals surface area contributed by atoms with Gasteiger partial charge in [-0.3, -0.25) is 0 Å². The summed E-state index contributed by atoms with van der Waals surface area (Å²) in [6.45, 7) is 11.0. The third-order valence-electron chi connectivity index (χ3n) is 2.81. The predicted octanol–water partition coefficient (Wildman–Crippen LogP) is 6.02. The molecule has 0 aromatic heterocycles. The van der Waals surface area contributed by atoms with Crippen LogP contribution in [-0.2, 0) is 12.8 Å². The van der Waals surface area contributed by atoms with Crippen molar-refractivity contribution in [2.75, 3.05) is 0 Å². The van der Waals surface area contributed by atoms with Crippen molar-refractivity contribution in [1.29, 1.82) is 0 Å². The van der Waals surface area contributed by atoms with Crippen LogP contribution in [0, 0.1) is 5.92 Å². The maximum atomic E-state index is 5.03. The van der Waals surface area contributed by atoms with E-state index in [1.54, 1.807) is 0 Å². The zero-order valence-electron chi connectivity index (χ0n) is 9.46. The van der Waals surface area contributed by atoms with Crippen molar-refractivity contribution >= 4 is 36.8 Å². The molecule has 0 saturated carbocycles. The zero-order valence-corrected chi connectivity index (χ0v) is 14.7. The van der Waals surface area contributed by atoms with Crippen molar-refractivity contribution in [2.24, 2.45) is 0 Å².